The fraction of sp³-hybridized carbons (Fsp3) is 0.167. The van der Waals surface area contributed by atoms with Crippen molar-refractivity contribution in [2.24, 2.45) is 5.73 Å². The molecule has 2 aromatic carbocycles. The van der Waals surface area contributed by atoms with Crippen LogP contribution in [0.2, 0.25) is 0 Å². The molecule has 0 radical (unpaired) electrons. The highest BCUT2D eigenvalue weighted by molar-refractivity contribution is 5.96. The molecule has 0 fully saturated rings. The monoisotopic (exact) mass is 356 g/mol. The molecule has 0 bridgehead atoms. The van der Waals surface area contributed by atoms with Gasteiger partial charge in [-0.1, -0.05) is 18.2 Å². The van der Waals surface area contributed by atoms with Gasteiger partial charge in [-0.2, -0.15) is 0 Å². The molecule has 136 valence electrons. The van der Waals surface area contributed by atoms with Gasteiger partial charge in [-0.15, -0.1) is 0 Å². The molecule has 8 nitrogen and oxygen atoms in total. The SMILES string of the molecule is COc1cccc(C(=O)NCc2ccc(C(=N)N)cc2NCC(=O)O)c1. The van der Waals surface area contributed by atoms with Crippen LogP contribution in [0.5, 0.6) is 5.75 Å². The Labute approximate surface area is 150 Å². The summed E-state index contributed by atoms with van der Waals surface area (Å²) in [6.45, 7) is -0.117. The van der Waals surface area contributed by atoms with Crippen LogP contribution in [0.25, 0.3) is 0 Å². The highest BCUT2D eigenvalue weighted by Crippen LogP contribution is 2.18. The van der Waals surface area contributed by atoms with Crippen LogP contribution in [0.4, 0.5) is 5.69 Å². The van der Waals surface area contributed by atoms with Crippen molar-refractivity contribution in [3.8, 4) is 5.75 Å². The Morgan fingerprint density at radius 2 is 1.96 bits per heavy atom. The summed E-state index contributed by atoms with van der Waals surface area (Å²) in [5.41, 5.74) is 7.54. The van der Waals surface area contributed by atoms with Gasteiger partial charge in [0.1, 0.15) is 18.1 Å². The van der Waals surface area contributed by atoms with Gasteiger partial charge < -0.3 is 26.2 Å². The maximum absolute atomic E-state index is 12.3. The zero-order chi connectivity index (χ0) is 19.1. The topological polar surface area (TPSA) is 138 Å². The lowest BCUT2D eigenvalue weighted by molar-refractivity contribution is -0.134. The fourth-order valence-corrected chi connectivity index (χ4v) is 2.28. The lowest BCUT2D eigenvalue weighted by Crippen LogP contribution is -2.24. The van der Waals surface area contributed by atoms with Gasteiger partial charge >= 0.3 is 5.97 Å². The van der Waals surface area contributed by atoms with Crippen LogP contribution < -0.4 is 21.1 Å². The number of aliphatic carboxylic acids is 1. The second-order valence-electron chi connectivity index (χ2n) is 5.45. The normalized spacial score (nSPS) is 10.0. The number of amides is 1. The number of nitrogens with one attached hydrogen (secondary N) is 3. The Kier molecular flexibility index (Phi) is 6.15. The van der Waals surface area contributed by atoms with E-state index < -0.39 is 5.97 Å². The summed E-state index contributed by atoms with van der Waals surface area (Å²) in [5, 5.41) is 21.9. The van der Waals surface area contributed by atoms with Gasteiger partial charge in [0, 0.05) is 23.4 Å². The number of hydrogen-bond donors (Lipinski definition) is 5. The van der Waals surface area contributed by atoms with Crippen LogP contribution in [-0.2, 0) is 11.3 Å². The lowest BCUT2D eigenvalue weighted by atomic mass is 10.1. The van der Waals surface area contributed by atoms with E-state index in [1.165, 1.54) is 7.11 Å². The molecule has 0 spiro atoms. The molecule has 0 heterocycles. The molecule has 0 saturated heterocycles. The highest BCUT2D eigenvalue weighted by Gasteiger charge is 2.10. The molecule has 1 amide bonds. The quantitative estimate of drug-likeness (QED) is 0.358. The first kappa shape index (κ1) is 18.8. The molecular formula is C18H20N4O4. The first-order valence-corrected chi connectivity index (χ1v) is 7.76. The Bertz CT molecular complexity index is 836. The number of carbonyl (C=O) groups is 2. The molecule has 26 heavy (non-hydrogen) atoms. The molecule has 0 aromatic heterocycles. The van der Waals surface area contributed by atoms with E-state index in [0.717, 1.165) is 0 Å². The second-order valence-corrected chi connectivity index (χ2v) is 5.45. The number of nitrogens with two attached hydrogens (primary N) is 1. The number of carboxylic acids is 1. The number of methoxy groups -OCH3 is 1. The Morgan fingerprint density at radius 1 is 1.19 bits per heavy atom. The number of benzene rings is 2. The van der Waals surface area contributed by atoms with Crippen LogP contribution in [0.1, 0.15) is 21.5 Å². The summed E-state index contributed by atoms with van der Waals surface area (Å²) in [6.07, 6.45) is 0. The summed E-state index contributed by atoms with van der Waals surface area (Å²) >= 11 is 0. The standard InChI is InChI=1S/C18H20N4O4/c1-26-14-4-2-3-12(7-14)18(25)22-9-13-6-5-11(17(19)20)8-15(13)21-10-16(23)24/h2-8,21H,9-10H2,1H3,(H3,19,20)(H,22,25)(H,23,24). The maximum Gasteiger partial charge on any atom is 0.322 e. The molecule has 6 N–H and O–H groups in total. The average molecular weight is 356 g/mol. The van der Waals surface area contributed by atoms with E-state index >= 15 is 0 Å². The van der Waals surface area contributed by atoms with E-state index in [2.05, 4.69) is 10.6 Å². The van der Waals surface area contributed by atoms with E-state index in [1.807, 2.05) is 0 Å². The van der Waals surface area contributed by atoms with Gasteiger partial charge in [0.05, 0.1) is 7.11 Å². The number of ether oxygens (including phenoxy) is 1. The summed E-state index contributed by atoms with van der Waals surface area (Å²) in [6, 6.07) is 11.7. The van der Waals surface area contributed by atoms with E-state index in [-0.39, 0.29) is 24.8 Å². The second kappa shape index (κ2) is 8.52. The smallest absolute Gasteiger partial charge is 0.322 e. The predicted octanol–water partition coefficient (Wildman–Crippen LogP) is 1.41. The molecule has 0 saturated carbocycles. The van der Waals surface area contributed by atoms with Crippen LogP contribution >= 0.6 is 0 Å². The molecule has 2 rings (SSSR count). The van der Waals surface area contributed by atoms with Gasteiger partial charge in [0.25, 0.3) is 5.91 Å². The van der Waals surface area contributed by atoms with Crippen LogP contribution in [-0.4, -0.2) is 36.5 Å². The minimum Gasteiger partial charge on any atom is -0.497 e. The predicted molar refractivity (Wildman–Crippen MR) is 97.7 cm³/mol. The fourth-order valence-electron chi connectivity index (χ4n) is 2.28. The molecular weight excluding hydrogens is 336 g/mol. The molecule has 2 aromatic rings. The molecule has 8 heteroatoms. The average Bonchev–Trinajstić information content (AvgIpc) is 2.64. The molecule has 0 aliphatic rings. The van der Waals surface area contributed by atoms with E-state index in [4.69, 9.17) is 21.0 Å². The number of rotatable bonds is 8. The zero-order valence-corrected chi connectivity index (χ0v) is 14.2. The number of nitrogen functional groups attached to an aromatic ring is 1. The molecule has 0 unspecified atom stereocenters. The van der Waals surface area contributed by atoms with Crippen molar-refractivity contribution in [3.05, 3.63) is 59.2 Å². The van der Waals surface area contributed by atoms with Crippen molar-refractivity contribution in [1.82, 2.24) is 5.32 Å². The van der Waals surface area contributed by atoms with Crippen molar-refractivity contribution in [2.75, 3.05) is 19.0 Å². The summed E-state index contributed by atoms with van der Waals surface area (Å²) < 4.78 is 5.10. The van der Waals surface area contributed by atoms with Crippen molar-refractivity contribution < 1.29 is 19.4 Å². The third kappa shape index (κ3) is 4.97. The lowest BCUT2D eigenvalue weighted by Gasteiger charge is -2.14. The first-order valence-electron chi connectivity index (χ1n) is 7.76. The van der Waals surface area contributed by atoms with Crippen LogP contribution in [0, 0.1) is 5.41 Å². The van der Waals surface area contributed by atoms with Gasteiger partial charge in [0.15, 0.2) is 0 Å². The van der Waals surface area contributed by atoms with E-state index in [0.29, 0.717) is 28.1 Å². The third-order valence-electron chi connectivity index (χ3n) is 3.62. The summed E-state index contributed by atoms with van der Waals surface area (Å²) in [5.74, 6) is -0.865. The third-order valence-corrected chi connectivity index (χ3v) is 3.62. The van der Waals surface area contributed by atoms with Crippen molar-refractivity contribution >= 4 is 23.4 Å². The number of carboxylic acid groups (broad SMARTS) is 1. The Hall–Kier alpha value is -3.55. The van der Waals surface area contributed by atoms with E-state index in [1.54, 1.807) is 42.5 Å². The molecule has 0 atom stereocenters. The van der Waals surface area contributed by atoms with Crippen molar-refractivity contribution in [3.63, 3.8) is 0 Å². The van der Waals surface area contributed by atoms with Gasteiger partial charge in [-0.25, -0.2) is 0 Å². The number of carbonyl (C=O) groups excluding carboxylic acids is 1. The van der Waals surface area contributed by atoms with Gasteiger partial charge in [0.2, 0.25) is 0 Å². The first-order chi connectivity index (χ1) is 12.4. The Balaban J connectivity index is 2.15. The summed E-state index contributed by atoms with van der Waals surface area (Å²) in [7, 11) is 1.52. The summed E-state index contributed by atoms with van der Waals surface area (Å²) in [4.78, 5) is 23.1. The van der Waals surface area contributed by atoms with E-state index in [9.17, 15) is 9.59 Å². The zero-order valence-electron chi connectivity index (χ0n) is 14.2. The van der Waals surface area contributed by atoms with Crippen molar-refractivity contribution in [1.29, 1.82) is 5.41 Å². The molecule has 0 aliphatic carbocycles. The Morgan fingerprint density at radius 3 is 2.62 bits per heavy atom. The van der Waals surface area contributed by atoms with Crippen LogP contribution in [0.3, 0.4) is 0 Å². The number of anilines is 1. The minimum absolute atomic E-state index is 0.129. The maximum atomic E-state index is 12.3. The molecule has 0 aliphatic heterocycles. The highest BCUT2D eigenvalue weighted by atomic mass is 16.5. The minimum atomic E-state index is -1.02. The number of amidine groups is 1. The largest absolute Gasteiger partial charge is 0.497 e. The number of hydrogen-bond acceptors (Lipinski definition) is 5. The van der Waals surface area contributed by atoms with Gasteiger partial charge in [-0.3, -0.25) is 15.0 Å². The van der Waals surface area contributed by atoms with Gasteiger partial charge in [-0.05, 0) is 29.8 Å². The van der Waals surface area contributed by atoms with Crippen LogP contribution in [0.15, 0.2) is 42.5 Å². The van der Waals surface area contributed by atoms with Crippen molar-refractivity contribution in [2.45, 2.75) is 6.54 Å².